The smallest absolute Gasteiger partial charge is 0.146 e. The topological polar surface area (TPSA) is 50.7 Å². The fourth-order valence-corrected chi connectivity index (χ4v) is 5.84. The summed E-state index contributed by atoms with van der Waals surface area (Å²) < 4.78 is 11.4. The van der Waals surface area contributed by atoms with Crippen LogP contribution in [0.5, 0.6) is 0 Å². The van der Waals surface area contributed by atoms with Crippen molar-refractivity contribution < 1.29 is 9.47 Å². The average molecular weight is 431 g/mol. The zero-order valence-corrected chi connectivity index (χ0v) is 18.3. The number of rotatable bonds is 6. The normalized spacial score (nSPS) is 20.5. The summed E-state index contributed by atoms with van der Waals surface area (Å²) in [5.41, 5.74) is 1.24. The zero-order valence-electron chi connectivity index (χ0n) is 16.7. The molecule has 3 aromatic rings. The molecule has 1 atom stereocenters. The van der Waals surface area contributed by atoms with Crippen LogP contribution in [0.25, 0.3) is 20.7 Å². The average Bonchev–Trinajstić information content (AvgIpc) is 3.49. The van der Waals surface area contributed by atoms with Crippen LogP contribution in [0.4, 0.5) is 5.82 Å². The van der Waals surface area contributed by atoms with Crippen LogP contribution in [-0.2, 0) is 16.0 Å². The van der Waals surface area contributed by atoms with Gasteiger partial charge < -0.3 is 14.4 Å². The van der Waals surface area contributed by atoms with Crippen LogP contribution in [-0.4, -0.2) is 67.5 Å². The highest BCUT2D eigenvalue weighted by atomic mass is 32.1. The van der Waals surface area contributed by atoms with Gasteiger partial charge >= 0.3 is 0 Å². The Morgan fingerprint density at radius 1 is 1.21 bits per heavy atom. The molecule has 0 aromatic carbocycles. The Bertz CT molecular complexity index is 947. The van der Waals surface area contributed by atoms with Crippen LogP contribution < -0.4 is 4.90 Å². The summed E-state index contributed by atoms with van der Waals surface area (Å²) in [6, 6.07) is 4.28. The van der Waals surface area contributed by atoms with E-state index in [4.69, 9.17) is 19.4 Å². The Labute approximate surface area is 179 Å². The highest BCUT2D eigenvalue weighted by Gasteiger charge is 2.23. The van der Waals surface area contributed by atoms with Gasteiger partial charge in [0, 0.05) is 49.1 Å². The number of hydrogen-bond donors (Lipinski definition) is 0. The number of hydrogen-bond acceptors (Lipinski definition) is 8. The molecule has 2 fully saturated rings. The van der Waals surface area contributed by atoms with Gasteiger partial charge in [-0.1, -0.05) is 6.07 Å². The third-order valence-electron chi connectivity index (χ3n) is 5.58. The molecule has 0 amide bonds. The molecule has 8 heteroatoms. The summed E-state index contributed by atoms with van der Waals surface area (Å²) in [4.78, 5) is 17.0. The van der Waals surface area contributed by atoms with Crippen LogP contribution in [0.1, 0.15) is 18.7 Å². The highest BCUT2D eigenvalue weighted by Crippen LogP contribution is 2.40. The fraction of sp³-hybridized carbons (Fsp3) is 0.524. The van der Waals surface area contributed by atoms with Crippen molar-refractivity contribution in [3.63, 3.8) is 0 Å². The number of morpholine rings is 1. The third kappa shape index (κ3) is 4.18. The van der Waals surface area contributed by atoms with Crippen LogP contribution in [0.2, 0.25) is 0 Å². The van der Waals surface area contributed by atoms with Gasteiger partial charge in [0.2, 0.25) is 0 Å². The molecule has 0 radical (unpaired) electrons. The molecule has 0 spiro atoms. The molecule has 2 aliphatic rings. The highest BCUT2D eigenvalue weighted by molar-refractivity contribution is 7.18. The summed E-state index contributed by atoms with van der Waals surface area (Å²) in [5.74, 6) is 1.92. The number of fused-ring (bicyclic) bond motifs is 1. The van der Waals surface area contributed by atoms with E-state index in [0.29, 0.717) is 0 Å². The Morgan fingerprint density at radius 2 is 2.10 bits per heavy atom. The molecule has 154 valence electrons. The van der Waals surface area contributed by atoms with Crippen molar-refractivity contribution in [2.75, 3.05) is 51.4 Å². The van der Waals surface area contributed by atoms with E-state index in [9.17, 15) is 0 Å². The second-order valence-corrected chi connectivity index (χ2v) is 9.48. The van der Waals surface area contributed by atoms with Crippen molar-refractivity contribution in [2.24, 2.45) is 0 Å². The number of aromatic nitrogens is 2. The van der Waals surface area contributed by atoms with E-state index in [1.165, 1.54) is 15.8 Å². The van der Waals surface area contributed by atoms with Crippen LogP contribution in [0.15, 0.2) is 22.9 Å². The Morgan fingerprint density at radius 3 is 2.86 bits per heavy atom. The van der Waals surface area contributed by atoms with Crippen molar-refractivity contribution in [3.05, 3.63) is 28.7 Å². The molecule has 5 heterocycles. The summed E-state index contributed by atoms with van der Waals surface area (Å²) in [5, 5.41) is 5.53. The summed E-state index contributed by atoms with van der Waals surface area (Å²) in [7, 11) is 2.14. The molecule has 29 heavy (non-hydrogen) atoms. The van der Waals surface area contributed by atoms with Gasteiger partial charge in [-0.2, -0.15) is 0 Å². The van der Waals surface area contributed by atoms with Gasteiger partial charge in [0.15, 0.2) is 0 Å². The molecule has 3 aromatic heterocycles. The van der Waals surface area contributed by atoms with Gasteiger partial charge in [0.05, 0.1) is 31.2 Å². The predicted molar refractivity (Wildman–Crippen MR) is 119 cm³/mol. The first-order valence-electron chi connectivity index (χ1n) is 10.2. The summed E-state index contributed by atoms with van der Waals surface area (Å²) >= 11 is 3.48. The van der Waals surface area contributed by atoms with E-state index >= 15 is 0 Å². The molecule has 0 N–H and O–H groups in total. The molecule has 0 aliphatic carbocycles. The number of nitrogens with zero attached hydrogens (tertiary/aromatic N) is 4. The SMILES string of the molecule is CN(C[C@@H]1CCCO1)c1nc(CN2CCOCC2)nc2scc(-c3cccs3)c12. The number of thiophene rings is 2. The molecule has 2 aliphatic heterocycles. The van der Waals surface area contributed by atoms with Crippen molar-refractivity contribution in [1.29, 1.82) is 0 Å². The van der Waals surface area contributed by atoms with Gasteiger partial charge in [-0.15, -0.1) is 22.7 Å². The van der Waals surface area contributed by atoms with Gasteiger partial charge in [0.25, 0.3) is 0 Å². The fourth-order valence-electron chi connectivity index (χ4n) is 4.07. The Kier molecular flexibility index (Phi) is 5.78. The predicted octanol–water partition coefficient (Wildman–Crippen LogP) is 3.87. The minimum absolute atomic E-state index is 0.288. The van der Waals surface area contributed by atoms with Crippen LogP contribution in [0.3, 0.4) is 0 Å². The second-order valence-electron chi connectivity index (χ2n) is 7.67. The van der Waals surface area contributed by atoms with Crippen LogP contribution in [0, 0.1) is 0 Å². The molecule has 0 bridgehead atoms. The molecule has 0 saturated carbocycles. The molecule has 0 unspecified atom stereocenters. The first kappa shape index (κ1) is 19.4. The quantitative estimate of drug-likeness (QED) is 0.592. The molecule has 6 nitrogen and oxygen atoms in total. The summed E-state index contributed by atoms with van der Waals surface area (Å²) in [6.07, 6.45) is 2.57. The largest absolute Gasteiger partial charge is 0.379 e. The van der Waals surface area contributed by atoms with E-state index in [0.717, 1.165) is 75.3 Å². The first-order chi connectivity index (χ1) is 14.3. The van der Waals surface area contributed by atoms with Crippen LogP contribution >= 0.6 is 22.7 Å². The summed E-state index contributed by atoms with van der Waals surface area (Å²) in [6.45, 7) is 5.96. The maximum Gasteiger partial charge on any atom is 0.146 e. The number of anilines is 1. The lowest BCUT2D eigenvalue weighted by Crippen LogP contribution is -2.36. The number of likely N-dealkylation sites (N-methyl/N-ethyl adjacent to an activating group) is 1. The molecular weight excluding hydrogens is 404 g/mol. The third-order valence-corrected chi connectivity index (χ3v) is 7.35. The second kappa shape index (κ2) is 8.65. The lowest BCUT2D eigenvalue weighted by Gasteiger charge is -2.27. The molecule has 5 rings (SSSR count). The van der Waals surface area contributed by atoms with Gasteiger partial charge in [0.1, 0.15) is 16.5 Å². The maximum atomic E-state index is 5.89. The van der Waals surface area contributed by atoms with E-state index < -0.39 is 0 Å². The van der Waals surface area contributed by atoms with E-state index in [2.05, 4.69) is 39.7 Å². The lowest BCUT2D eigenvalue weighted by atomic mass is 10.1. The van der Waals surface area contributed by atoms with Crippen molar-refractivity contribution in [1.82, 2.24) is 14.9 Å². The standard InChI is InChI=1S/C21H26N4O2S2/c1-24(12-15-4-2-8-27-15)20-19-16(17-5-3-11-28-17)14-29-21(19)23-18(22-20)13-25-6-9-26-10-7-25/h3,5,11,14-15H,2,4,6-10,12-13H2,1H3/t15-/m0/s1. The van der Waals surface area contributed by atoms with Gasteiger partial charge in [-0.3, -0.25) is 4.90 Å². The number of ether oxygens (including phenoxy) is 2. The Balaban J connectivity index is 1.52. The lowest BCUT2D eigenvalue weighted by molar-refractivity contribution is 0.0331. The van der Waals surface area contributed by atoms with Crippen molar-refractivity contribution in [3.8, 4) is 10.4 Å². The zero-order chi connectivity index (χ0) is 19.6. The Hall–Kier alpha value is -1.58. The first-order valence-corrected chi connectivity index (χ1v) is 12.0. The molecule has 2 saturated heterocycles. The minimum atomic E-state index is 0.288. The van der Waals surface area contributed by atoms with Gasteiger partial charge in [-0.05, 0) is 24.3 Å². The van der Waals surface area contributed by atoms with E-state index in [-0.39, 0.29) is 6.10 Å². The van der Waals surface area contributed by atoms with Crippen molar-refractivity contribution >= 4 is 38.7 Å². The molecular formula is C21H26N4O2S2. The minimum Gasteiger partial charge on any atom is -0.379 e. The van der Waals surface area contributed by atoms with E-state index in [1.807, 2.05) is 0 Å². The van der Waals surface area contributed by atoms with Crippen molar-refractivity contribution in [2.45, 2.75) is 25.5 Å². The van der Waals surface area contributed by atoms with Gasteiger partial charge in [-0.25, -0.2) is 9.97 Å². The maximum absolute atomic E-state index is 5.89. The van der Waals surface area contributed by atoms with E-state index in [1.54, 1.807) is 22.7 Å². The monoisotopic (exact) mass is 430 g/mol.